The van der Waals surface area contributed by atoms with Crippen molar-refractivity contribution in [2.75, 3.05) is 13.7 Å². The summed E-state index contributed by atoms with van der Waals surface area (Å²) in [5.41, 5.74) is 1.18. The highest BCUT2D eigenvalue weighted by Crippen LogP contribution is 2.30. The molecule has 1 aliphatic carbocycles. The van der Waals surface area contributed by atoms with Gasteiger partial charge in [0.2, 0.25) is 0 Å². The van der Waals surface area contributed by atoms with Crippen molar-refractivity contribution >= 4 is 11.3 Å². The van der Waals surface area contributed by atoms with E-state index in [1.165, 1.54) is 34.8 Å². The topological polar surface area (TPSA) is 34.1 Å². The van der Waals surface area contributed by atoms with Crippen LogP contribution in [0.1, 0.15) is 54.7 Å². The lowest BCUT2D eigenvalue weighted by atomic mass is 10.1. The highest BCUT2D eigenvalue weighted by atomic mass is 32.1. The predicted molar refractivity (Wildman–Crippen MR) is 80.8 cm³/mol. The summed E-state index contributed by atoms with van der Waals surface area (Å²) in [5.74, 6) is 0.809. The molecule has 1 aromatic rings. The van der Waals surface area contributed by atoms with Gasteiger partial charge >= 0.3 is 0 Å². The minimum Gasteiger partial charge on any atom is -0.384 e. The highest BCUT2D eigenvalue weighted by Gasteiger charge is 2.26. The molecular weight excluding hydrogens is 256 g/mol. The van der Waals surface area contributed by atoms with Gasteiger partial charge in [-0.3, -0.25) is 0 Å². The van der Waals surface area contributed by atoms with Gasteiger partial charge in [-0.1, -0.05) is 13.3 Å². The normalized spacial score (nSPS) is 24.8. The van der Waals surface area contributed by atoms with E-state index < -0.39 is 0 Å². The molecule has 1 N–H and O–H groups in total. The average molecular weight is 282 g/mol. The van der Waals surface area contributed by atoms with Crippen molar-refractivity contribution in [2.24, 2.45) is 5.92 Å². The number of ether oxygens (including phenoxy) is 1. The lowest BCUT2D eigenvalue weighted by molar-refractivity contribution is 0.202. The Bertz CT molecular complexity index is 405. The van der Waals surface area contributed by atoms with Crippen LogP contribution in [0.5, 0.6) is 0 Å². The van der Waals surface area contributed by atoms with E-state index in [2.05, 4.69) is 31.1 Å². The van der Waals surface area contributed by atoms with E-state index >= 15 is 0 Å². The Morgan fingerprint density at radius 1 is 1.47 bits per heavy atom. The first-order chi connectivity index (χ1) is 9.11. The molecular formula is C15H26N2OS. The fourth-order valence-corrected chi connectivity index (χ4v) is 4.01. The predicted octanol–water partition coefficient (Wildman–Crippen LogP) is 3.48. The molecule has 0 aromatic carbocycles. The van der Waals surface area contributed by atoms with Crippen LogP contribution in [-0.2, 0) is 11.2 Å². The molecule has 19 heavy (non-hydrogen) atoms. The van der Waals surface area contributed by atoms with Crippen LogP contribution < -0.4 is 5.32 Å². The van der Waals surface area contributed by atoms with Crippen molar-refractivity contribution < 1.29 is 4.74 Å². The molecule has 0 amide bonds. The van der Waals surface area contributed by atoms with E-state index in [-0.39, 0.29) is 0 Å². The third-order valence-corrected chi connectivity index (χ3v) is 5.52. The SMILES string of the molecule is COCCc1nc(C)c([C@H](C)N[C@@H]2CCC[C@@H]2C)s1. The highest BCUT2D eigenvalue weighted by molar-refractivity contribution is 7.11. The molecule has 1 aromatic heterocycles. The van der Waals surface area contributed by atoms with Crippen molar-refractivity contribution in [3.05, 3.63) is 15.6 Å². The van der Waals surface area contributed by atoms with Gasteiger partial charge in [-0.15, -0.1) is 11.3 Å². The standard InChI is InChI=1S/C15H26N2OS/c1-10-6-5-7-13(10)16-11(2)15-12(3)17-14(19-15)8-9-18-4/h10-11,13,16H,5-9H2,1-4H3/t10-,11-,13+/m0/s1. The van der Waals surface area contributed by atoms with Crippen molar-refractivity contribution in [1.82, 2.24) is 10.3 Å². The molecule has 0 radical (unpaired) electrons. The molecule has 0 saturated heterocycles. The minimum absolute atomic E-state index is 0.416. The van der Waals surface area contributed by atoms with Gasteiger partial charge < -0.3 is 10.1 Å². The quantitative estimate of drug-likeness (QED) is 0.867. The number of aromatic nitrogens is 1. The molecule has 0 spiro atoms. The van der Waals surface area contributed by atoms with Gasteiger partial charge in [-0.2, -0.15) is 0 Å². The zero-order valence-corrected chi connectivity index (χ0v) is 13.3. The molecule has 3 nitrogen and oxygen atoms in total. The first kappa shape index (κ1) is 14.9. The molecule has 0 bridgehead atoms. The Morgan fingerprint density at radius 2 is 2.26 bits per heavy atom. The number of hydrogen-bond acceptors (Lipinski definition) is 4. The number of nitrogens with zero attached hydrogens (tertiary/aromatic N) is 1. The van der Waals surface area contributed by atoms with Gasteiger partial charge in [0.05, 0.1) is 17.3 Å². The molecule has 108 valence electrons. The molecule has 0 unspecified atom stereocenters. The van der Waals surface area contributed by atoms with Gasteiger partial charge in [0.1, 0.15) is 0 Å². The first-order valence-corrected chi connectivity index (χ1v) is 8.14. The van der Waals surface area contributed by atoms with Gasteiger partial charge in [0.15, 0.2) is 0 Å². The zero-order chi connectivity index (χ0) is 13.8. The summed E-state index contributed by atoms with van der Waals surface area (Å²) in [6.07, 6.45) is 4.98. The average Bonchev–Trinajstić information content (AvgIpc) is 2.94. The lowest BCUT2D eigenvalue weighted by Crippen LogP contribution is -2.33. The fraction of sp³-hybridized carbons (Fsp3) is 0.800. The smallest absolute Gasteiger partial charge is 0.0954 e. The van der Waals surface area contributed by atoms with Gasteiger partial charge in [-0.25, -0.2) is 4.98 Å². The maximum atomic E-state index is 5.13. The van der Waals surface area contributed by atoms with Crippen LogP contribution in [0, 0.1) is 12.8 Å². The van der Waals surface area contributed by atoms with Crippen molar-refractivity contribution in [3.63, 3.8) is 0 Å². The molecule has 1 fully saturated rings. The molecule has 1 saturated carbocycles. The molecule has 4 heteroatoms. The molecule has 3 atom stereocenters. The number of methoxy groups -OCH3 is 1. The Balaban J connectivity index is 1.97. The molecule has 0 aliphatic heterocycles. The summed E-state index contributed by atoms with van der Waals surface area (Å²) in [7, 11) is 1.74. The van der Waals surface area contributed by atoms with E-state index in [9.17, 15) is 0 Å². The zero-order valence-electron chi connectivity index (χ0n) is 12.5. The third kappa shape index (κ3) is 3.77. The van der Waals surface area contributed by atoms with Crippen LogP contribution in [0.15, 0.2) is 0 Å². The Hall–Kier alpha value is -0.450. The van der Waals surface area contributed by atoms with Crippen LogP contribution in [-0.4, -0.2) is 24.7 Å². The minimum atomic E-state index is 0.416. The summed E-state index contributed by atoms with van der Waals surface area (Å²) in [5, 5.41) is 4.99. The largest absolute Gasteiger partial charge is 0.384 e. The second-order valence-electron chi connectivity index (χ2n) is 5.70. The summed E-state index contributed by atoms with van der Waals surface area (Å²) in [4.78, 5) is 6.06. The van der Waals surface area contributed by atoms with Crippen LogP contribution in [0.2, 0.25) is 0 Å². The Morgan fingerprint density at radius 3 is 2.89 bits per heavy atom. The summed E-state index contributed by atoms with van der Waals surface area (Å²) in [6, 6.07) is 1.10. The van der Waals surface area contributed by atoms with Crippen LogP contribution >= 0.6 is 11.3 Å². The van der Waals surface area contributed by atoms with Crippen LogP contribution in [0.4, 0.5) is 0 Å². The molecule has 1 aliphatic rings. The van der Waals surface area contributed by atoms with E-state index in [0.29, 0.717) is 12.1 Å². The van der Waals surface area contributed by atoms with Crippen molar-refractivity contribution in [1.29, 1.82) is 0 Å². The van der Waals surface area contributed by atoms with Crippen molar-refractivity contribution in [3.8, 4) is 0 Å². The van der Waals surface area contributed by atoms with E-state index in [1.54, 1.807) is 7.11 Å². The number of nitrogens with one attached hydrogen (secondary N) is 1. The Kier molecular flexibility index (Phi) is 5.37. The summed E-state index contributed by atoms with van der Waals surface area (Å²) >= 11 is 1.84. The number of hydrogen-bond donors (Lipinski definition) is 1. The lowest BCUT2D eigenvalue weighted by Gasteiger charge is -2.22. The summed E-state index contributed by atoms with van der Waals surface area (Å²) in [6.45, 7) is 7.51. The van der Waals surface area contributed by atoms with Gasteiger partial charge in [0.25, 0.3) is 0 Å². The Labute approximate surface area is 120 Å². The van der Waals surface area contributed by atoms with E-state index in [4.69, 9.17) is 4.74 Å². The first-order valence-electron chi connectivity index (χ1n) is 7.33. The third-order valence-electron chi connectivity index (χ3n) is 4.12. The van der Waals surface area contributed by atoms with Crippen LogP contribution in [0.25, 0.3) is 0 Å². The second-order valence-corrected chi connectivity index (χ2v) is 6.82. The van der Waals surface area contributed by atoms with Crippen LogP contribution in [0.3, 0.4) is 0 Å². The number of aryl methyl sites for hydroxylation is 1. The number of rotatable bonds is 6. The molecule has 1 heterocycles. The van der Waals surface area contributed by atoms with E-state index in [1.807, 2.05) is 11.3 Å². The monoisotopic (exact) mass is 282 g/mol. The van der Waals surface area contributed by atoms with Crippen molar-refractivity contribution in [2.45, 2.75) is 58.5 Å². The maximum absolute atomic E-state index is 5.13. The summed E-state index contributed by atoms with van der Waals surface area (Å²) < 4.78 is 5.13. The van der Waals surface area contributed by atoms with Gasteiger partial charge in [0, 0.05) is 30.5 Å². The fourth-order valence-electron chi connectivity index (χ4n) is 2.95. The number of thiazole rings is 1. The van der Waals surface area contributed by atoms with Gasteiger partial charge in [-0.05, 0) is 32.6 Å². The molecule has 2 rings (SSSR count). The van der Waals surface area contributed by atoms with E-state index in [0.717, 1.165) is 18.9 Å². The maximum Gasteiger partial charge on any atom is 0.0954 e. The second kappa shape index (κ2) is 6.82.